The van der Waals surface area contributed by atoms with E-state index in [1.165, 1.54) is 7.11 Å². The third kappa shape index (κ3) is 10.9. The summed E-state index contributed by atoms with van der Waals surface area (Å²) in [6.07, 6.45) is -0.623. The number of esters is 1. The number of alkyl carbamates (subject to hydrolysis) is 1. The molecule has 0 fully saturated rings. The molecule has 1 amide bonds. The molecule has 0 rings (SSSR count). The van der Waals surface area contributed by atoms with Crippen LogP contribution in [0.1, 0.15) is 34.6 Å². The third-order valence-corrected chi connectivity index (χ3v) is 2.24. The minimum atomic E-state index is -1.82. The topological polar surface area (TPSA) is 165 Å². The van der Waals surface area contributed by atoms with Gasteiger partial charge in [0.15, 0.2) is 0 Å². The Hall–Kier alpha value is -2.36. The van der Waals surface area contributed by atoms with Crippen LogP contribution in [0.5, 0.6) is 0 Å². The van der Waals surface area contributed by atoms with Crippen LogP contribution >= 0.6 is 0 Å². The summed E-state index contributed by atoms with van der Waals surface area (Å²) in [5, 5.41) is 17.3. The Morgan fingerprint density at radius 1 is 1.00 bits per heavy atom. The molecule has 0 bridgehead atoms. The number of aliphatic carboxylic acids is 2. The summed E-state index contributed by atoms with van der Waals surface area (Å²) < 4.78 is 9.60. The molecular formula is C13H24N2O8. The standard InChI is InChI=1S/C11H22N2O4.C2H2O4/c1-10(2,3)17-9(15)13-11(4,5)7(12)8(14)16-6;3-1(4)2(5)6/h7H,12H2,1-6H3,(H,13,15);(H,3,4)(H,5,6)/t7-;/m1./s1. The van der Waals surface area contributed by atoms with Gasteiger partial charge in [0.05, 0.1) is 12.6 Å². The number of nitrogens with two attached hydrogens (primary N) is 1. The Morgan fingerprint density at radius 3 is 1.65 bits per heavy atom. The van der Waals surface area contributed by atoms with Crippen molar-refractivity contribution in [3.63, 3.8) is 0 Å². The second-order valence-electron chi connectivity index (χ2n) is 5.96. The van der Waals surface area contributed by atoms with Crippen molar-refractivity contribution >= 4 is 24.0 Å². The number of amides is 1. The van der Waals surface area contributed by atoms with Gasteiger partial charge in [-0.15, -0.1) is 0 Å². The zero-order valence-electron chi connectivity index (χ0n) is 14.0. The van der Waals surface area contributed by atoms with E-state index in [-0.39, 0.29) is 0 Å². The summed E-state index contributed by atoms with van der Waals surface area (Å²) in [5.41, 5.74) is 4.12. The van der Waals surface area contributed by atoms with E-state index in [2.05, 4.69) is 10.1 Å². The Bertz CT molecular complexity index is 441. The predicted octanol–water partition coefficient (Wildman–Crippen LogP) is -0.0544. The lowest BCUT2D eigenvalue weighted by Gasteiger charge is -2.31. The van der Waals surface area contributed by atoms with Gasteiger partial charge in [0.1, 0.15) is 11.6 Å². The molecular weight excluding hydrogens is 312 g/mol. The molecule has 0 aliphatic carbocycles. The highest BCUT2D eigenvalue weighted by atomic mass is 16.6. The van der Waals surface area contributed by atoms with E-state index < -0.39 is 41.2 Å². The van der Waals surface area contributed by atoms with Gasteiger partial charge in [0.25, 0.3) is 0 Å². The summed E-state index contributed by atoms with van der Waals surface area (Å²) in [7, 11) is 1.24. The van der Waals surface area contributed by atoms with Crippen molar-refractivity contribution in [2.24, 2.45) is 5.73 Å². The largest absolute Gasteiger partial charge is 0.473 e. The zero-order chi connectivity index (χ0) is 19.0. The Labute approximate surface area is 133 Å². The van der Waals surface area contributed by atoms with Crippen molar-refractivity contribution in [2.75, 3.05) is 7.11 Å². The van der Waals surface area contributed by atoms with E-state index in [0.29, 0.717) is 0 Å². The van der Waals surface area contributed by atoms with Crippen molar-refractivity contribution in [2.45, 2.75) is 51.8 Å². The lowest BCUT2D eigenvalue weighted by atomic mass is 9.95. The first-order valence-electron chi connectivity index (χ1n) is 6.45. The molecule has 0 aliphatic rings. The smallest absolute Gasteiger partial charge is 0.414 e. The van der Waals surface area contributed by atoms with Crippen molar-refractivity contribution in [1.82, 2.24) is 5.32 Å². The summed E-state index contributed by atoms with van der Waals surface area (Å²) in [5.74, 6) is -4.24. The van der Waals surface area contributed by atoms with Gasteiger partial charge in [-0.05, 0) is 34.6 Å². The third-order valence-electron chi connectivity index (χ3n) is 2.24. The number of carboxylic acids is 2. The van der Waals surface area contributed by atoms with Crippen LogP contribution < -0.4 is 11.1 Å². The van der Waals surface area contributed by atoms with Gasteiger partial charge in [-0.25, -0.2) is 14.4 Å². The minimum Gasteiger partial charge on any atom is -0.473 e. The fourth-order valence-corrected chi connectivity index (χ4v) is 1.07. The Morgan fingerprint density at radius 2 is 1.39 bits per heavy atom. The van der Waals surface area contributed by atoms with E-state index in [9.17, 15) is 9.59 Å². The van der Waals surface area contributed by atoms with Gasteiger partial charge in [0.2, 0.25) is 0 Å². The second kappa shape index (κ2) is 8.93. The summed E-state index contributed by atoms with van der Waals surface area (Å²) in [6.45, 7) is 8.50. The molecule has 0 aromatic carbocycles. The molecule has 0 aromatic heterocycles. The quantitative estimate of drug-likeness (QED) is 0.408. The van der Waals surface area contributed by atoms with Gasteiger partial charge < -0.3 is 30.7 Å². The van der Waals surface area contributed by atoms with Crippen molar-refractivity contribution in [1.29, 1.82) is 0 Å². The Kier molecular flexibility index (Phi) is 8.90. The predicted molar refractivity (Wildman–Crippen MR) is 78.7 cm³/mol. The Balaban J connectivity index is 0. The summed E-state index contributed by atoms with van der Waals surface area (Å²) in [6, 6.07) is -0.958. The average Bonchev–Trinajstić information content (AvgIpc) is 2.34. The normalized spacial score (nSPS) is 12.1. The molecule has 0 saturated heterocycles. The van der Waals surface area contributed by atoms with Gasteiger partial charge in [0, 0.05) is 0 Å². The maximum Gasteiger partial charge on any atom is 0.414 e. The fourth-order valence-electron chi connectivity index (χ4n) is 1.07. The first-order chi connectivity index (χ1) is 10.1. The lowest BCUT2D eigenvalue weighted by Crippen LogP contribution is -2.60. The first-order valence-corrected chi connectivity index (χ1v) is 6.45. The molecule has 0 heterocycles. The van der Waals surface area contributed by atoms with Crippen molar-refractivity contribution < 1.29 is 38.9 Å². The van der Waals surface area contributed by atoms with Crippen LogP contribution in [0.4, 0.5) is 4.79 Å². The van der Waals surface area contributed by atoms with Crippen LogP contribution in [0.2, 0.25) is 0 Å². The number of methoxy groups -OCH3 is 1. The van der Waals surface area contributed by atoms with Crippen LogP contribution in [-0.4, -0.2) is 58.5 Å². The fraction of sp³-hybridized carbons (Fsp3) is 0.692. The highest BCUT2D eigenvalue weighted by Crippen LogP contribution is 2.12. The molecule has 5 N–H and O–H groups in total. The molecule has 0 unspecified atom stereocenters. The number of hydrogen-bond acceptors (Lipinski definition) is 7. The number of rotatable bonds is 3. The highest BCUT2D eigenvalue weighted by molar-refractivity contribution is 6.27. The summed E-state index contributed by atoms with van der Waals surface area (Å²) >= 11 is 0. The van der Waals surface area contributed by atoms with Crippen molar-refractivity contribution in [3.8, 4) is 0 Å². The zero-order valence-corrected chi connectivity index (χ0v) is 14.0. The molecule has 0 spiro atoms. The van der Waals surface area contributed by atoms with E-state index >= 15 is 0 Å². The minimum absolute atomic E-state index is 0.592. The number of hydrogen-bond donors (Lipinski definition) is 4. The molecule has 0 aromatic rings. The number of ether oxygens (including phenoxy) is 2. The van der Waals surface area contributed by atoms with Gasteiger partial charge >= 0.3 is 24.0 Å². The number of nitrogens with one attached hydrogen (secondary N) is 1. The molecule has 134 valence electrons. The second-order valence-corrected chi connectivity index (χ2v) is 5.96. The van der Waals surface area contributed by atoms with Crippen LogP contribution in [0.15, 0.2) is 0 Å². The van der Waals surface area contributed by atoms with Gasteiger partial charge in [-0.2, -0.15) is 0 Å². The summed E-state index contributed by atoms with van der Waals surface area (Å²) in [4.78, 5) is 41.0. The van der Waals surface area contributed by atoms with Gasteiger partial charge in [-0.1, -0.05) is 0 Å². The number of carbonyl (C=O) groups is 4. The average molecular weight is 336 g/mol. The highest BCUT2D eigenvalue weighted by Gasteiger charge is 2.35. The maximum absolute atomic E-state index is 11.5. The molecule has 10 heteroatoms. The van der Waals surface area contributed by atoms with E-state index in [0.717, 1.165) is 0 Å². The number of carboxylic acid groups (broad SMARTS) is 2. The van der Waals surface area contributed by atoms with E-state index in [1.807, 2.05) is 0 Å². The van der Waals surface area contributed by atoms with E-state index in [4.69, 9.17) is 30.3 Å². The number of carbonyl (C=O) groups excluding carboxylic acids is 2. The van der Waals surface area contributed by atoms with Crippen molar-refractivity contribution in [3.05, 3.63) is 0 Å². The first kappa shape index (κ1) is 22.9. The molecule has 0 radical (unpaired) electrons. The SMILES string of the molecule is COC(=O)[C@@H](N)C(C)(C)NC(=O)OC(C)(C)C.O=C(O)C(=O)O. The van der Waals surface area contributed by atoms with Crippen LogP contribution in [0, 0.1) is 0 Å². The molecule has 23 heavy (non-hydrogen) atoms. The van der Waals surface area contributed by atoms with E-state index in [1.54, 1.807) is 34.6 Å². The van der Waals surface area contributed by atoms with Crippen LogP contribution in [-0.2, 0) is 23.9 Å². The lowest BCUT2D eigenvalue weighted by molar-refractivity contribution is -0.159. The monoisotopic (exact) mass is 336 g/mol. The molecule has 10 nitrogen and oxygen atoms in total. The molecule has 1 atom stereocenters. The van der Waals surface area contributed by atoms with Crippen LogP contribution in [0.3, 0.4) is 0 Å². The van der Waals surface area contributed by atoms with Crippen LogP contribution in [0.25, 0.3) is 0 Å². The molecule has 0 saturated carbocycles. The molecule has 0 aliphatic heterocycles. The van der Waals surface area contributed by atoms with Gasteiger partial charge in [-0.3, -0.25) is 4.79 Å². The maximum atomic E-state index is 11.5.